The molecule has 0 aliphatic carbocycles. The number of ether oxygens (including phenoxy) is 2. The Kier molecular flexibility index (Phi) is 4.80. The minimum atomic E-state index is -0.618. The molecule has 2 heterocycles. The van der Waals surface area contributed by atoms with E-state index in [0.29, 0.717) is 11.8 Å². The van der Waals surface area contributed by atoms with E-state index in [9.17, 15) is 5.11 Å². The molecule has 1 aromatic rings. The van der Waals surface area contributed by atoms with Gasteiger partial charge in [-0.25, -0.2) is 0 Å². The minimum Gasteiger partial charge on any atom is -0.493 e. The molecule has 0 aromatic heterocycles. The van der Waals surface area contributed by atoms with E-state index in [4.69, 9.17) is 9.47 Å². The topological polar surface area (TPSA) is 41.9 Å². The first kappa shape index (κ1) is 17.6. The summed E-state index contributed by atoms with van der Waals surface area (Å²) in [6.45, 7) is 8.53. The lowest BCUT2D eigenvalue weighted by molar-refractivity contribution is -0.0910. The third kappa shape index (κ3) is 3.14. The maximum Gasteiger partial charge on any atom is 0.161 e. The van der Waals surface area contributed by atoms with Crippen LogP contribution in [0.2, 0.25) is 0 Å². The van der Waals surface area contributed by atoms with E-state index in [1.807, 2.05) is 6.92 Å². The van der Waals surface area contributed by atoms with Crippen molar-refractivity contribution in [3.63, 3.8) is 0 Å². The second-order valence-electron chi connectivity index (χ2n) is 8.05. The number of piperidine rings is 1. The summed E-state index contributed by atoms with van der Waals surface area (Å²) >= 11 is 0. The smallest absolute Gasteiger partial charge is 0.161 e. The SMILES string of the molecule is COc1cc2c(cc1OC)C1C[C@@](C)(O)C(CC(C)C)CN1CC2. The van der Waals surface area contributed by atoms with Crippen LogP contribution in [0.5, 0.6) is 11.5 Å². The van der Waals surface area contributed by atoms with Gasteiger partial charge in [-0.15, -0.1) is 0 Å². The third-order valence-corrected chi connectivity index (χ3v) is 5.81. The molecule has 24 heavy (non-hydrogen) atoms. The summed E-state index contributed by atoms with van der Waals surface area (Å²) in [6, 6.07) is 4.50. The Balaban J connectivity index is 1.92. The van der Waals surface area contributed by atoms with Crippen molar-refractivity contribution in [1.82, 2.24) is 4.90 Å². The van der Waals surface area contributed by atoms with E-state index in [1.54, 1.807) is 14.2 Å². The summed E-state index contributed by atoms with van der Waals surface area (Å²) in [5.74, 6) is 2.53. The van der Waals surface area contributed by atoms with Gasteiger partial charge in [0.1, 0.15) is 0 Å². The van der Waals surface area contributed by atoms with E-state index in [-0.39, 0.29) is 6.04 Å². The van der Waals surface area contributed by atoms with Crippen LogP contribution in [-0.4, -0.2) is 42.9 Å². The molecule has 4 nitrogen and oxygen atoms in total. The predicted molar refractivity (Wildman–Crippen MR) is 95.7 cm³/mol. The molecule has 0 radical (unpaired) electrons. The summed E-state index contributed by atoms with van der Waals surface area (Å²) in [7, 11) is 3.36. The Morgan fingerprint density at radius 1 is 1.25 bits per heavy atom. The van der Waals surface area contributed by atoms with Crippen molar-refractivity contribution >= 4 is 0 Å². The number of methoxy groups -OCH3 is 2. The Bertz CT molecular complexity index is 597. The molecule has 0 bridgehead atoms. The lowest BCUT2D eigenvalue weighted by atomic mass is 9.72. The molecule has 0 spiro atoms. The van der Waals surface area contributed by atoms with E-state index in [0.717, 1.165) is 43.9 Å². The van der Waals surface area contributed by atoms with Gasteiger partial charge in [0.15, 0.2) is 11.5 Å². The zero-order chi connectivity index (χ0) is 17.5. The highest BCUT2D eigenvalue weighted by Gasteiger charge is 2.44. The van der Waals surface area contributed by atoms with E-state index >= 15 is 0 Å². The van der Waals surface area contributed by atoms with Crippen molar-refractivity contribution in [2.75, 3.05) is 27.3 Å². The van der Waals surface area contributed by atoms with E-state index in [2.05, 4.69) is 30.9 Å². The number of benzene rings is 1. The van der Waals surface area contributed by atoms with Crippen LogP contribution < -0.4 is 9.47 Å². The maximum atomic E-state index is 11.1. The van der Waals surface area contributed by atoms with Crippen LogP contribution in [0.15, 0.2) is 12.1 Å². The molecule has 4 heteroatoms. The zero-order valence-electron chi connectivity index (χ0n) is 15.6. The second-order valence-corrected chi connectivity index (χ2v) is 8.05. The molecule has 1 fully saturated rings. The van der Waals surface area contributed by atoms with Crippen molar-refractivity contribution < 1.29 is 14.6 Å². The summed E-state index contributed by atoms with van der Waals surface area (Å²) < 4.78 is 11.0. The summed E-state index contributed by atoms with van der Waals surface area (Å²) in [6.07, 6.45) is 2.89. The number of hydrogen-bond acceptors (Lipinski definition) is 4. The first-order valence-corrected chi connectivity index (χ1v) is 9.07. The van der Waals surface area contributed by atoms with Crippen molar-refractivity contribution in [1.29, 1.82) is 0 Å². The first-order valence-electron chi connectivity index (χ1n) is 9.07. The molecular weight excluding hydrogens is 302 g/mol. The monoisotopic (exact) mass is 333 g/mol. The highest BCUT2D eigenvalue weighted by atomic mass is 16.5. The van der Waals surface area contributed by atoms with Gasteiger partial charge in [-0.2, -0.15) is 0 Å². The highest BCUT2D eigenvalue weighted by molar-refractivity contribution is 5.49. The van der Waals surface area contributed by atoms with Crippen molar-refractivity contribution in [2.45, 2.75) is 51.7 Å². The molecule has 3 atom stereocenters. The van der Waals surface area contributed by atoms with Gasteiger partial charge >= 0.3 is 0 Å². The Labute approximate surface area is 145 Å². The fourth-order valence-corrected chi connectivity index (χ4v) is 4.47. The summed E-state index contributed by atoms with van der Waals surface area (Å²) in [5.41, 5.74) is 2.00. The van der Waals surface area contributed by atoms with Crippen molar-refractivity contribution in [2.24, 2.45) is 11.8 Å². The van der Waals surface area contributed by atoms with Crippen LogP contribution in [0.1, 0.15) is 50.8 Å². The molecule has 134 valence electrons. The van der Waals surface area contributed by atoms with Crippen LogP contribution in [-0.2, 0) is 6.42 Å². The fraction of sp³-hybridized carbons (Fsp3) is 0.700. The van der Waals surface area contributed by atoms with Crippen LogP contribution in [0.3, 0.4) is 0 Å². The molecule has 3 rings (SSSR count). The second kappa shape index (κ2) is 6.57. The van der Waals surface area contributed by atoms with Crippen LogP contribution in [0.25, 0.3) is 0 Å². The van der Waals surface area contributed by atoms with Crippen LogP contribution in [0, 0.1) is 11.8 Å². The molecule has 2 aliphatic rings. The van der Waals surface area contributed by atoms with Gasteiger partial charge in [-0.05, 0) is 55.4 Å². The largest absolute Gasteiger partial charge is 0.493 e. The van der Waals surface area contributed by atoms with Gasteiger partial charge in [0, 0.05) is 25.0 Å². The number of aliphatic hydroxyl groups is 1. The molecule has 0 amide bonds. The van der Waals surface area contributed by atoms with Gasteiger partial charge in [0.05, 0.1) is 19.8 Å². The summed E-state index contributed by atoms with van der Waals surface area (Å²) in [4.78, 5) is 2.55. The quantitative estimate of drug-likeness (QED) is 0.917. The maximum absolute atomic E-state index is 11.1. The first-order chi connectivity index (χ1) is 11.4. The van der Waals surface area contributed by atoms with E-state index < -0.39 is 5.60 Å². The molecule has 2 unspecified atom stereocenters. The van der Waals surface area contributed by atoms with Gasteiger partial charge in [0.25, 0.3) is 0 Å². The van der Waals surface area contributed by atoms with Gasteiger partial charge < -0.3 is 14.6 Å². The molecule has 1 N–H and O–H groups in total. The standard InChI is InChI=1S/C20H31NO3/c1-13(2)8-15-12-21-7-6-14-9-18(23-4)19(24-5)10-16(14)17(21)11-20(15,3)22/h9-10,13,15,17,22H,6-8,11-12H2,1-5H3/t15?,17?,20-/m1/s1. The molecular formula is C20H31NO3. The third-order valence-electron chi connectivity index (χ3n) is 5.81. The average molecular weight is 333 g/mol. The zero-order valence-corrected chi connectivity index (χ0v) is 15.6. The highest BCUT2D eigenvalue weighted by Crippen LogP contribution is 2.46. The number of fused-ring (bicyclic) bond motifs is 3. The Morgan fingerprint density at radius 3 is 2.54 bits per heavy atom. The molecule has 1 saturated heterocycles. The molecule has 0 saturated carbocycles. The lowest BCUT2D eigenvalue weighted by Crippen LogP contribution is -2.53. The Hall–Kier alpha value is -1.26. The van der Waals surface area contributed by atoms with Crippen molar-refractivity contribution in [3.8, 4) is 11.5 Å². The molecule has 2 aliphatic heterocycles. The molecule has 1 aromatic carbocycles. The number of rotatable bonds is 4. The average Bonchev–Trinajstić information content (AvgIpc) is 2.53. The van der Waals surface area contributed by atoms with E-state index in [1.165, 1.54) is 11.1 Å². The summed E-state index contributed by atoms with van der Waals surface area (Å²) in [5, 5.41) is 11.1. The number of hydrogen-bond donors (Lipinski definition) is 1. The van der Waals surface area contributed by atoms with Crippen LogP contribution >= 0.6 is 0 Å². The number of nitrogens with zero attached hydrogens (tertiary/aromatic N) is 1. The van der Waals surface area contributed by atoms with Gasteiger partial charge in [-0.1, -0.05) is 13.8 Å². The Morgan fingerprint density at radius 2 is 1.92 bits per heavy atom. The van der Waals surface area contributed by atoms with Crippen LogP contribution in [0.4, 0.5) is 0 Å². The minimum absolute atomic E-state index is 0.270. The lowest BCUT2D eigenvalue weighted by Gasteiger charge is -2.50. The van der Waals surface area contributed by atoms with Crippen molar-refractivity contribution in [3.05, 3.63) is 23.3 Å². The fourth-order valence-electron chi connectivity index (χ4n) is 4.47. The predicted octanol–water partition coefficient (Wildman–Crippen LogP) is 3.42. The van der Waals surface area contributed by atoms with Gasteiger partial charge in [-0.3, -0.25) is 4.90 Å². The normalized spacial score (nSPS) is 30.0. The van der Waals surface area contributed by atoms with Gasteiger partial charge in [0.2, 0.25) is 0 Å².